The number of hydrogen-bond donors (Lipinski definition) is 2. The average molecular weight is 447 g/mol. The van der Waals surface area contributed by atoms with Gasteiger partial charge in [-0.25, -0.2) is 9.78 Å². The Bertz CT molecular complexity index is 1040. The molecule has 2 aromatic carbocycles. The van der Waals surface area contributed by atoms with Crippen LogP contribution in [0.15, 0.2) is 47.6 Å². The van der Waals surface area contributed by atoms with Crippen LogP contribution in [0.2, 0.25) is 5.02 Å². The zero-order valence-corrected chi connectivity index (χ0v) is 17.8. The number of rotatable bonds is 8. The fourth-order valence-electron chi connectivity index (χ4n) is 2.47. The van der Waals surface area contributed by atoms with E-state index in [1.165, 1.54) is 23.9 Å². The third kappa shape index (κ3) is 5.52. The summed E-state index contributed by atoms with van der Waals surface area (Å²) < 4.78 is 10.1. The summed E-state index contributed by atoms with van der Waals surface area (Å²) in [5.41, 5.74) is 1.49. The minimum Gasteiger partial charge on any atom is -0.497 e. The fraction of sp³-hybridized carbons (Fsp3) is 0.200. The summed E-state index contributed by atoms with van der Waals surface area (Å²) in [7, 11) is 1.60. The zero-order chi connectivity index (χ0) is 21.5. The van der Waals surface area contributed by atoms with Gasteiger partial charge < -0.3 is 14.8 Å². The number of aromatic amines is 1. The van der Waals surface area contributed by atoms with E-state index in [1.807, 2.05) is 24.3 Å². The molecule has 0 fully saturated rings. The van der Waals surface area contributed by atoms with Crippen molar-refractivity contribution in [2.45, 2.75) is 12.1 Å². The van der Waals surface area contributed by atoms with Gasteiger partial charge in [-0.1, -0.05) is 23.4 Å². The molecule has 0 bridgehead atoms. The van der Waals surface area contributed by atoms with Crippen LogP contribution in [0.25, 0.3) is 11.4 Å². The zero-order valence-electron chi connectivity index (χ0n) is 16.3. The van der Waals surface area contributed by atoms with Gasteiger partial charge in [0.15, 0.2) is 5.82 Å². The van der Waals surface area contributed by atoms with Crippen molar-refractivity contribution in [3.8, 4) is 17.1 Å². The van der Waals surface area contributed by atoms with Gasteiger partial charge >= 0.3 is 5.97 Å². The van der Waals surface area contributed by atoms with Crippen LogP contribution < -0.4 is 10.1 Å². The Labute approximate surface area is 182 Å². The molecule has 3 aromatic rings. The lowest BCUT2D eigenvalue weighted by molar-refractivity contribution is -0.113. The van der Waals surface area contributed by atoms with Crippen LogP contribution in [-0.4, -0.2) is 46.5 Å². The minimum absolute atomic E-state index is 0.0693. The first-order valence-corrected chi connectivity index (χ1v) is 10.3. The second kappa shape index (κ2) is 10.1. The van der Waals surface area contributed by atoms with Gasteiger partial charge in [-0.2, -0.15) is 0 Å². The van der Waals surface area contributed by atoms with Gasteiger partial charge in [0.2, 0.25) is 11.1 Å². The number of nitrogens with one attached hydrogen (secondary N) is 2. The van der Waals surface area contributed by atoms with E-state index < -0.39 is 5.97 Å². The van der Waals surface area contributed by atoms with E-state index in [-0.39, 0.29) is 18.3 Å². The van der Waals surface area contributed by atoms with Crippen molar-refractivity contribution in [2.24, 2.45) is 0 Å². The normalized spacial score (nSPS) is 10.5. The Morgan fingerprint density at radius 1 is 1.20 bits per heavy atom. The molecule has 1 amide bonds. The number of esters is 1. The van der Waals surface area contributed by atoms with E-state index in [2.05, 4.69) is 20.5 Å². The maximum Gasteiger partial charge on any atom is 0.338 e. The lowest BCUT2D eigenvalue weighted by Crippen LogP contribution is -2.15. The van der Waals surface area contributed by atoms with E-state index in [1.54, 1.807) is 20.1 Å². The Hall–Kier alpha value is -3.04. The first kappa shape index (κ1) is 21.7. The molecular weight excluding hydrogens is 428 g/mol. The molecule has 0 aliphatic heterocycles. The number of anilines is 1. The molecular formula is C20H19ClN4O4S. The highest BCUT2D eigenvalue weighted by atomic mass is 35.5. The Morgan fingerprint density at radius 2 is 1.97 bits per heavy atom. The number of halogens is 1. The lowest BCUT2D eigenvalue weighted by Gasteiger charge is -2.09. The number of methoxy groups -OCH3 is 1. The summed E-state index contributed by atoms with van der Waals surface area (Å²) in [5, 5.41) is 10.4. The smallest absolute Gasteiger partial charge is 0.338 e. The molecule has 1 heterocycles. The number of carbonyl (C=O) groups is 2. The summed E-state index contributed by atoms with van der Waals surface area (Å²) >= 11 is 7.29. The molecule has 2 N–H and O–H groups in total. The SMILES string of the molecule is CCOC(=O)c1ccc(Cl)c(NC(=O)CSc2n[nH]c(-c3ccc(OC)cc3)n2)c1. The molecule has 0 saturated carbocycles. The highest BCUT2D eigenvalue weighted by Crippen LogP contribution is 2.25. The van der Waals surface area contributed by atoms with Gasteiger partial charge in [0.25, 0.3) is 0 Å². The van der Waals surface area contributed by atoms with Gasteiger partial charge in [-0.05, 0) is 49.4 Å². The Balaban J connectivity index is 1.59. The highest BCUT2D eigenvalue weighted by molar-refractivity contribution is 7.99. The Morgan fingerprint density at radius 3 is 2.67 bits per heavy atom. The van der Waals surface area contributed by atoms with E-state index in [0.29, 0.717) is 27.3 Å². The monoisotopic (exact) mass is 446 g/mol. The molecule has 3 rings (SSSR count). The van der Waals surface area contributed by atoms with Crippen molar-refractivity contribution < 1.29 is 19.1 Å². The minimum atomic E-state index is -0.481. The fourth-order valence-corrected chi connectivity index (χ4v) is 3.23. The molecule has 10 heteroatoms. The van der Waals surface area contributed by atoms with Gasteiger partial charge in [0.05, 0.1) is 35.7 Å². The molecule has 8 nitrogen and oxygen atoms in total. The van der Waals surface area contributed by atoms with Crippen LogP contribution in [0.3, 0.4) is 0 Å². The lowest BCUT2D eigenvalue weighted by atomic mass is 10.2. The number of nitrogens with zero attached hydrogens (tertiary/aromatic N) is 2. The largest absolute Gasteiger partial charge is 0.497 e. The van der Waals surface area contributed by atoms with Crippen molar-refractivity contribution in [1.82, 2.24) is 15.2 Å². The number of aromatic nitrogens is 3. The third-order valence-corrected chi connectivity index (χ3v) is 5.09. The first-order valence-electron chi connectivity index (χ1n) is 8.96. The molecule has 0 aliphatic rings. The van der Waals surface area contributed by atoms with Crippen LogP contribution >= 0.6 is 23.4 Å². The predicted molar refractivity (Wildman–Crippen MR) is 115 cm³/mol. The number of hydrogen-bond acceptors (Lipinski definition) is 7. The van der Waals surface area contributed by atoms with Gasteiger partial charge in [-0.15, -0.1) is 5.10 Å². The van der Waals surface area contributed by atoms with Gasteiger partial charge in [0, 0.05) is 5.56 Å². The van der Waals surface area contributed by atoms with E-state index >= 15 is 0 Å². The second-order valence-electron chi connectivity index (χ2n) is 5.95. The predicted octanol–water partition coefficient (Wildman–Crippen LogP) is 4.04. The van der Waals surface area contributed by atoms with Gasteiger partial charge in [0.1, 0.15) is 5.75 Å². The maximum absolute atomic E-state index is 12.3. The molecule has 0 radical (unpaired) electrons. The number of H-pyrrole nitrogens is 1. The summed E-state index contributed by atoms with van der Waals surface area (Å²) in [6.07, 6.45) is 0. The van der Waals surface area contributed by atoms with Crippen LogP contribution in [0.4, 0.5) is 5.69 Å². The summed E-state index contributed by atoms with van der Waals surface area (Å²) in [4.78, 5) is 28.5. The number of ether oxygens (including phenoxy) is 2. The molecule has 0 aliphatic carbocycles. The molecule has 0 saturated heterocycles. The van der Waals surface area contributed by atoms with Crippen molar-refractivity contribution in [3.63, 3.8) is 0 Å². The molecule has 0 spiro atoms. The quantitative estimate of drug-likeness (QED) is 0.397. The summed E-state index contributed by atoms with van der Waals surface area (Å²) in [6.45, 7) is 1.98. The van der Waals surface area contributed by atoms with Crippen molar-refractivity contribution in [1.29, 1.82) is 0 Å². The van der Waals surface area contributed by atoms with Crippen LogP contribution in [0, 0.1) is 0 Å². The highest BCUT2D eigenvalue weighted by Gasteiger charge is 2.13. The van der Waals surface area contributed by atoms with Crippen molar-refractivity contribution >= 4 is 40.9 Å². The van der Waals surface area contributed by atoms with Crippen LogP contribution in [-0.2, 0) is 9.53 Å². The maximum atomic E-state index is 12.3. The van der Waals surface area contributed by atoms with E-state index in [0.717, 1.165) is 11.3 Å². The topological polar surface area (TPSA) is 106 Å². The van der Waals surface area contributed by atoms with Crippen molar-refractivity contribution in [2.75, 3.05) is 24.8 Å². The summed E-state index contributed by atoms with van der Waals surface area (Å²) in [6, 6.07) is 11.9. The van der Waals surface area contributed by atoms with E-state index in [4.69, 9.17) is 21.1 Å². The summed E-state index contributed by atoms with van der Waals surface area (Å²) in [5.74, 6) is 0.616. The first-order chi connectivity index (χ1) is 14.5. The standard InChI is InChI=1S/C20H19ClN4O4S/c1-3-29-19(27)13-6-9-15(21)16(10-13)22-17(26)11-30-20-23-18(24-25-20)12-4-7-14(28-2)8-5-12/h4-10H,3,11H2,1-2H3,(H,22,26)(H,23,24,25). The second-order valence-corrected chi connectivity index (χ2v) is 7.30. The molecule has 0 unspecified atom stereocenters. The number of carbonyl (C=O) groups excluding carboxylic acids is 2. The number of amides is 1. The molecule has 0 atom stereocenters. The number of thioether (sulfide) groups is 1. The third-order valence-electron chi connectivity index (χ3n) is 3.91. The number of benzene rings is 2. The van der Waals surface area contributed by atoms with Gasteiger partial charge in [-0.3, -0.25) is 9.89 Å². The Kier molecular flexibility index (Phi) is 7.31. The average Bonchev–Trinajstić information content (AvgIpc) is 3.23. The molecule has 1 aromatic heterocycles. The molecule has 30 heavy (non-hydrogen) atoms. The van der Waals surface area contributed by atoms with Crippen LogP contribution in [0.1, 0.15) is 17.3 Å². The molecule has 156 valence electrons. The van der Waals surface area contributed by atoms with Crippen molar-refractivity contribution in [3.05, 3.63) is 53.1 Å². The van der Waals surface area contributed by atoms with Crippen LogP contribution in [0.5, 0.6) is 5.75 Å². The van der Waals surface area contributed by atoms with E-state index in [9.17, 15) is 9.59 Å².